The lowest BCUT2D eigenvalue weighted by atomic mass is 10.0. The van der Waals surface area contributed by atoms with E-state index in [4.69, 9.17) is 14.5 Å². The summed E-state index contributed by atoms with van der Waals surface area (Å²) in [5.41, 5.74) is 0.426. The largest absolute Gasteiger partial charge is 0.444 e. The first-order valence-electron chi connectivity index (χ1n) is 15.5. The minimum Gasteiger partial charge on any atom is -0.444 e. The maximum absolute atomic E-state index is 16.3. The van der Waals surface area contributed by atoms with Crippen LogP contribution >= 0.6 is 11.8 Å². The van der Waals surface area contributed by atoms with Crippen LogP contribution in [0.2, 0.25) is 0 Å². The van der Waals surface area contributed by atoms with Crippen LogP contribution < -0.4 is 10.6 Å². The summed E-state index contributed by atoms with van der Waals surface area (Å²) in [5, 5.41) is 0.267. The van der Waals surface area contributed by atoms with Gasteiger partial charge in [0.15, 0.2) is 11.5 Å². The molecule has 13 heteroatoms. The molecule has 3 aromatic heterocycles. The molecule has 0 bridgehead atoms. The summed E-state index contributed by atoms with van der Waals surface area (Å²) >= 11 is 1.20. The number of amides is 1. The Kier molecular flexibility index (Phi) is 9.88. The Balaban J connectivity index is 1.75. The third-order valence-electron chi connectivity index (χ3n) is 7.82. The number of ether oxygens (including phenoxy) is 2. The SMILES string of the molecule is COCSc1cccc(F)c1-c1nc2c(cc1F)c(N1CCN(C(=O)OC(C)(C)C)C[C@@H]1C)nc(=O)n2-c1c(C)ccnc1C(C)C. The molecule has 1 saturated heterocycles. The topological polar surface area (TPSA) is 103 Å². The van der Waals surface area contributed by atoms with Crippen LogP contribution in [-0.4, -0.2) is 74.8 Å². The number of benzene rings is 1. The van der Waals surface area contributed by atoms with Crippen LogP contribution in [0, 0.1) is 18.6 Å². The molecule has 4 heterocycles. The Morgan fingerprint density at radius 3 is 2.53 bits per heavy atom. The molecule has 0 aliphatic carbocycles. The number of nitrogens with zero attached hydrogens (tertiary/aromatic N) is 6. The smallest absolute Gasteiger partial charge is 0.410 e. The van der Waals surface area contributed by atoms with Crippen LogP contribution in [0.15, 0.2) is 46.2 Å². The Morgan fingerprint density at radius 1 is 1.13 bits per heavy atom. The normalized spacial score (nSPS) is 15.5. The van der Waals surface area contributed by atoms with Crippen molar-refractivity contribution in [3.05, 3.63) is 69.9 Å². The number of piperazine rings is 1. The number of carbonyl (C=O) groups excluding carboxylic acids is 1. The third kappa shape index (κ3) is 6.96. The van der Waals surface area contributed by atoms with E-state index in [1.54, 1.807) is 50.1 Å². The molecular weight excluding hydrogens is 626 g/mol. The zero-order valence-corrected chi connectivity index (χ0v) is 28.7. The van der Waals surface area contributed by atoms with Crippen LogP contribution in [-0.2, 0) is 9.47 Å². The lowest BCUT2D eigenvalue weighted by Crippen LogP contribution is -2.55. The Labute approximate surface area is 277 Å². The van der Waals surface area contributed by atoms with E-state index in [1.807, 2.05) is 32.6 Å². The highest BCUT2D eigenvalue weighted by Crippen LogP contribution is 2.38. The molecule has 1 aliphatic heterocycles. The van der Waals surface area contributed by atoms with Crippen molar-refractivity contribution >= 4 is 34.7 Å². The van der Waals surface area contributed by atoms with Gasteiger partial charge in [-0.3, -0.25) is 4.98 Å². The van der Waals surface area contributed by atoms with Gasteiger partial charge in [-0.1, -0.05) is 31.7 Å². The van der Waals surface area contributed by atoms with Gasteiger partial charge in [-0.15, -0.1) is 0 Å². The zero-order valence-electron chi connectivity index (χ0n) is 27.9. The lowest BCUT2D eigenvalue weighted by molar-refractivity contribution is 0.0218. The Morgan fingerprint density at radius 2 is 1.87 bits per heavy atom. The van der Waals surface area contributed by atoms with Crippen LogP contribution in [0.1, 0.15) is 58.7 Å². The minimum absolute atomic E-state index is 0.0300. The average molecular weight is 667 g/mol. The number of aryl methyl sites for hydroxylation is 1. The van der Waals surface area contributed by atoms with Gasteiger partial charge in [-0.25, -0.2) is 27.9 Å². The zero-order chi connectivity index (χ0) is 34.2. The van der Waals surface area contributed by atoms with Crippen molar-refractivity contribution in [3.63, 3.8) is 0 Å². The predicted molar refractivity (Wildman–Crippen MR) is 179 cm³/mol. The third-order valence-corrected chi connectivity index (χ3v) is 8.83. The molecule has 4 aromatic rings. The molecule has 10 nitrogen and oxygen atoms in total. The predicted octanol–water partition coefficient (Wildman–Crippen LogP) is 6.69. The van der Waals surface area contributed by atoms with Crippen molar-refractivity contribution in [3.8, 4) is 16.9 Å². The molecule has 1 atom stereocenters. The average Bonchev–Trinajstić information content (AvgIpc) is 2.99. The molecule has 0 spiro atoms. The van der Waals surface area contributed by atoms with E-state index in [0.717, 1.165) is 5.56 Å². The minimum atomic E-state index is -0.776. The van der Waals surface area contributed by atoms with Gasteiger partial charge in [0.2, 0.25) is 0 Å². The molecule has 1 amide bonds. The van der Waals surface area contributed by atoms with Crippen LogP contribution in [0.3, 0.4) is 0 Å². The second kappa shape index (κ2) is 13.6. The number of hydrogen-bond acceptors (Lipinski definition) is 9. The summed E-state index contributed by atoms with van der Waals surface area (Å²) in [5.74, 6) is -1.07. The number of halogens is 2. The van der Waals surface area contributed by atoms with E-state index in [9.17, 15) is 9.59 Å². The number of rotatable bonds is 7. The molecule has 0 N–H and O–H groups in total. The lowest BCUT2D eigenvalue weighted by Gasteiger charge is -2.41. The number of fused-ring (bicyclic) bond motifs is 1. The molecule has 0 unspecified atom stereocenters. The quantitative estimate of drug-likeness (QED) is 0.158. The highest BCUT2D eigenvalue weighted by Gasteiger charge is 2.33. The van der Waals surface area contributed by atoms with Gasteiger partial charge >= 0.3 is 11.8 Å². The fourth-order valence-electron chi connectivity index (χ4n) is 5.73. The highest BCUT2D eigenvalue weighted by atomic mass is 32.2. The molecule has 1 fully saturated rings. The maximum atomic E-state index is 16.3. The van der Waals surface area contributed by atoms with Crippen molar-refractivity contribution in [1.82, 2.24) is 24.4 Å². The molecular formula is C34H40F2N6O4S. The number of carbonyl (C=O) groups is 1. The van der Waals surface area contributed by atoms with E-state index >= 15 is 8.78 Å². The van der Waals surface area contributed by atoms with E-state index in [-0.39, 0.29) is 46.0 Å². The fourth-order valence-corrected chi connectivity index (χ4v) is 6.49. The van der Waals surface area contributed by atoms with Gasteiger partial charge in [0.25, 0.3) is 0 Å². The summed E-state index contributed by atoms with van der Waals surface area (Å²) in [6.07, 6.45) is 1.24. The number of pyridine rings is 2. The van der Waals surface area contributed by atoms with Gasteiger partial charge < -0.3 is 19.3 Å². The van der Waals surface area contributed by atoms with Gasteiger partial charge in [-0.2, -0.15) is 4.98 Å². The first kappa shape index (κ1) is 34.2. The first-order chi connectivity index (χ1) is 22.2. The standard InChI is InChI=1S/C34H40F2N6O4S/c1-19(2)27-29(20(3)12-13-37-27)42-31-22(16-24(36)28(38-31)26-23(35)10-9-11-25(26)47-18-45-8)30(39-32(42)43)41-15-14-40(17-21(41)4)33(44)46-34(5,6)7/h9-13,16,19,21H,14-15,17-18H2,1-8H3/t21-/m0/s1. The van der Waals surface area contributed by atoms with Crippen molar-refractivity contribution in [1.29, 1.82) is 0 Å². The van der Waals surface area contributed by atoms with Crippen LogP contribution in [0.25, 0.3) is 28.0 Å². The van der Waals surface area contributed by atoms with Crippen LogP contribution in [0.4, 0.5) is 19.4 Å². The Bertz CT molecular complexity index is 1880. The summed E-state index contributed by atoms with van der Waals surface area (Å²) < 4.78 is 43.9. The molecule has 5 rings (SSSR count). The number of aromatic nitrogens is 4. The molecule has 250 valence electrons. The van der Waals surface area contributed by atoms with Gasteiger partial charge in [0.05, 0.1) is 28.3 Å². The van der Waals surface area contributed by atoms with Gasteiger partial charge in [0, 0.05) is 43.9 Å². The second-order valence-electron chi connectivity index (χ2n) is 12.9. The van der Waals surface area contributed by atoms with Crippen LogP contribution in [0.5, 0.6) is 0 Å². The molecule has 0 saturated carbocycles. The van der Waals surface area contributed by atoms with Crippen molar-refractivity contribution in [2.75, 3.05) is 37.6 Å². The molecule has 1 aliphatic rings. The monoisotopic (exact) mass is 666 g/mol. The number of thioether (sulfide) groups is 1. The van der Waals surface area contributed by atoms with E-state index in [2.05, 4.69) is 9.97 Å². The first-order valence-corrected chi connectivity index (χ1v) is 16.4. The summed E-state index contributed by atoms with van der Waals surface area (Å²) in [4.78, 5) is 44.7. The van der Waals surface area contributed by atoms with Crippen molar-refractivity contribution in [2.24, 2.45) is 0 Å². The maximum Gasteiger partial charge on any atom is 0.410 e. The van der Waals surface area contributed by atoms with E-state index < -0.39 is 29.0 Å². The number of anilines is 1. The van der Waals surface area contributed by atoms with E-state index in [0.29, 0.717) is 35.9 Å². The molecule has 0 radical (unpaired) electrons. The Hall–Kier alpha value is -4.10. The highest BCUT2D eigenvalue weighted by molar-refractivity contribution is 7.99. The van der Waals surface area contributed by atoms with Crippen molar-refractivity contribution in [2.45, 2.75) is 70.9 Å². The fraction of sp³-hybridized carbons (Fsp3) is 0.441. The van der Waals surface area contributed by atoms with Gasteiger partial charge in [-0.05, 0) is 70.4 Å². The second-order valence-corrected chi connectivity index (χ2v) is 13.9. The van der Waals surface area contributed by atoms with E-state index in [1.165, 1.54) is 35.6 Å². The summed E-state index contributed by atoms with van der Waals surface area (Å²) in [6.45, 7) is 14.0. The molecule has 47 heavy (non-hydrogen) atoms. The number of methoxy groups -OCH3 is 1. The number of hydrogen-bond donors (Lipinski definition) is 0. The molecule has 1 aromatic carbocycles. The van der Waals surface area contributed by atoms with Gasteiger partial charge in [0.1, 0.15) is 22.9 Å². The summed E-state index contributed by atoms with van der Waals surface area (Å²) in [6, 6.07) is 7.20. The summed E-state index contributed by atoms with van der Waals surface area (Å²) in [7, 11) is 1.52. The van der Waals surface area contributed by atoms with Crippen molar-refractivity contribution < 1.29 is 23.0 Å².